The molecule has 0 atom stereocenters. The third-order valence-electron chi connectivity index (χ3n) is 4.83. The van der Waals surface area contributed by atoms with Crippen molar-refractivity contribution in [2.45, 2.75) is 31.6 Å². The molecule has 0 aromatic carbocycles. The number of rotatable bonds is 4. The van der Waals surface area contributed by atoms with E-state index in [9.17, 15) is 9.59 Å². The molecule has 1 aliphatic heterocycles. The minimum Gasteiger partial charge on any atom is -0.343 e. The molecule has 4 rings (SSSR count). The van der Waals surface area contributed by atoms with Crippen molar-refractivity contribution >= 4 is 22.9 Å². The summed E-state index contributed by atoms with van der Waals surface area (Å²) in [6.45, 7) is 1.48. The Balaban J connectivity index is 1.37. The van der Waals surface area contributed by atoms with Crippen molar-refractivity contribution in [3.63, 3.8) is 0 Å². The van der Waals surface area contributed by atoms with E-state index in [1.165, 1.54) is 9.39 Å². The quantitative estimate of drug-likeness (QED) is 0.780. The molecule has 7 heteroatoms. The van der Waals surface area contributed by atoms with Crippen LogP contribution in [0.3, 0.4) is 0 Å². The lowest BCUT2D eigenvalue weighted by Gasteiger charge is -2.31. The molecule has 6 nitrogen and oxygen atoms in total. The van der Waals surface area contributed by atoms with E-state index in [2.05, 4.69) is 16.1 Å². The molecule has 1 saturated heterocycles. The SMILES string of the molecule is O=C(CCc1cccs1)N1CCC(c2cc(=O)n3[nH]ccc3n2)CC1. The minimum atomic E-state index is -0.0838. The summed E-state index contributed by atoms with van der Waals surface area (Å²) < 4.78 is 1.44. The van der Waals surface area contributed by atoms with Gasteiger partial charge in [0.15, 0.2) is 5.65 Å². The fourth-order valence-electron chi connectivity index (χ4n) is 3.42. The smallest absolute Gasteiger partial charge is 0.272 e. The summed E-state index contributed by atoms with van der Waals surface area (Å²) in [6, 6.07) is 7.51. The minimum absolute atomic E-state index is 0.0838. The molecule has 1 N–H and O–H groups in total. The van der Waals surface area contributed by atoms with Gasteiger partial charge in [0, 0.05) is 48.6 Å². The summed E-state index contributed by atoms with van der Waals surface area (Å²) in [6.07, 6.45) is 4.82. The average Bonchev–Trinajstić information content (AvgIpc) is 3.31. The Hall–Kier alpha value is -2.41. The Morgan fingerprint density at radius 2 is 2.16 bits per heavy atom. The normalized spacial score (nSPS) is 15.8. The summed E-state index contributed by atoms with van der Waals surface area (Å²) >= 11 is 1.70. The number of fused-ring (bicyclic) bond motifs is 1. The van der Waals surface area contributed by atoms with Gasteiger partial charge in [-0.25, -0.2) is 9.50 Å². The van der Waals surface area contributed by atoms with Crippen LogP contribution in [0, 0.1) is 0 Å². The maximum atomic E-state index is 12.4. The summed E-state index contributed by atoms with van der Waals surface area (Å²) in [5, 5.41) is 4.90. The molecular weight excluding hydrogens is 336 g/mol. The first-order valence-electron chi connectivity index (χ1n) is 8.58. The van der Waals surface area contributed by atoms with E-state index in [1.807, 2.05) is 16.3 Å². The lowest BCUT2D eigenvalue weighted by atomic mass is 9.93. The predicted molar refractivity (Wildman–Crippen MR) is 97.0 cm³/mol. The number of hydrogen-bond acceptors (Lipinski definition) is 4. The number of nitrogens with zero attached hydrogens (tertiary/aromatic N) is 3. The van der Waals surface area contributed by atoms with Gasteiger partial charge >= 0.3 is 0 Å². The highest BCUT2D eigenvalue weighted by Crippen LogP contribution is 2.26. The second kappa shape index (κ2) is 6.84. The van der Waals surface area contributed by atoms with Crippen molar-refractivity contribution in [2.75, 3.05) is 13.1 Å². The first kappa shape index (κ1) is 16.1. The zero-order valence-corrected chi connectivity index (χ0v) is 14.7. The number of aromatic amines is 1. The third kappa shape index (κ3) is 3.37. The molecule has 0 unspecified atom stereocenters. The number of carbonyl (C=O) groups excluding carboxylic acids is 1. The first-order chi connectivity index (χ1) is 12.2. The van der Waals surface area contributed by atoms with Gasteiger partial charge in [-0.2, -0.15) is 0 Å². The zero-order chi connectivity index (χ0) is 17.2. The van der Waals surface area contributed by atoms with Crippen LogP contribution >= 0.6 is 11.3 Å². The third-order valence-corrected chi connectivity index (χ3v) is 5.77. The Bertz CT molecular complexity index is 920. The van der Waals surface area contributed by atoms with Crippen LogP contribution in [0.4, 0.5) is 0 Å². The first-order valence-corrected chi connectivity index (χ1v) is 9.46. The van der Waals surface area contributed by atoms with Crippen LogP contribution in [0.2, 0.25) is 0 Å². The van der Waals surface area contributed by atoms with E-state index in [4.69, 9.17) is 0 Å². The predicted octanol–water partition coefficient (Wildman–Crippen LogP) is 2.42. The van der Waals surface area contributed by atoms with Crippen LogP contribution in [0.5, 0.6) is 0 Å². The number of hydrogen-bond donors (Lipinski definition) is 1. The van der Waals surface area contributed by atoms with Gasteiger partial charge in [0.2, 0.25) is 5.91 Å². The average molecular weight is 356 g/mol. The maximum Gasteiger partial charge on any atom is 0.272 e. The molecule has 0 aliphatic carbocycles. The van der Waals surface area contributed by atoms with E-state index in [0.29, 0.717) is 12.1 Å². The van der Waals surface area contributed by atoms with Crippen molar-refractivity contribution in [2.24, 2.45) is 0 Å². The molecule has 0 saturated carbocycles. The number of carbonyl (C=O) groups is 1. The number of nitrogens with one attached hydrogen (secondary N) is 1. The van der Waals surface area contributed by atoms with Gasteiger partial charge in [-0.05, 0) is 30.7 Å². The topological polar surface area (TPSA) is 70.5 Å². The van der Waals surface area contributed by atoms with E-state index >= 15 is 0 Å². The van der Waals surface area contributed by atoms with Gasteiger partial charge in [-0.3, -0.25) is 14.7 Å². The van der Waals surface area contributed by atoms with Crippen molar-refractivity contribution < 1.29 is 4.79 Å². The van der Waals surface area contributed by atoms with E-state index in [-0.39, 0.29) is 17.4 Å². The maximum absolute atomic E-state index is 12.4. The molecule has 3 aromatic heterocycles. The van der Waals surface area contributed by atoms with Gasteiger partial charge in [0.1, 0.15) is 0 Å². The molecule has 4 heterocycles. The van der Waals surface area contributed by atoms with Crippen LogP contribution in [-0.2, 0) is 11.2 Å². The van der Waals surface area contributed by atoms with Crippen LogP contribution in [0.15, 0.2) is 40.6 Å². The molecule has 0 radical (unpaired) electrons. The summed E-state index contributed by atoms with van der Waals surface area (Å²) in [4.78, 5) is 32.3. The molecule has 0 bridgehead atoms. The summed E-state index contributed by atoms with van der Waals surface area (Å²) in [5.41, 5.74) is 1.41. The van der Waals surface area contributed by atoms with Crippen LogP contribution in [0.1, 0.15) is 35.8 Å². The molecule has 130 valence electrons. The number of piperidine rings is 1. The lowest BCUT2D eigenvalue weighted by Crippen LogP contribution is -2.38. The number of amides is 1. The molecular formula is C18H20N4O2S. The summed E-state index contributed by atoms with van der Waals surface area (Å²) in [5.74, 6) is 0.468. The summed E-state index contributed by atoms with van der Waals surface area (Å²) in [7, 11) is 0. The van der Waals surface area contributed by atoms with E-state index < -0.39 is 0 Å². The molecule has 25 heavy (non-hydrogen) atoms. The van der Waals surface area contributed by atoms with Crippen LogP contribution < -0.4 is 5.56 Å². The molecule has 1 aliphatic rings. The standard InChI is InChI=1S/C18H20N4O2S/c23-17(4-3-14-2-1-11-25-14)21-9-6-13(7-10-21)15-12-18(24)22-16(20-15)5-8-19-22/h1-2,5,8,11-13,19H,3-4,6-7,9-10H2. The molecule has 1 fully saturated rings. The van der Waals surface area contributed by atoms with Gasteiger partial charge < -0.3 is 4.90 Å². The largest absolute Gasteiger partial charge is 0.343 e. The van der Waals surface area contributed by atoms with Crippen molar-refractivity contribution in [1.29, 1.82) is 0 Å². The lowest BCUT2D eigenvalue weighted by molar-refractivity contribution is -0.132. The van der Waals surface area contributed by atoms with Crippen LogP contribution in [0.25, 0.3) is 5.65 Å². The van der Waals surface area contributed by atoms with Gasteiger partial charge in [-0.1, -0.05) is 6.07 Å². The Morgan fingerprint density at radius 1 is 1.32 bits per heavy atom. The number of aryl methyl sites for hydroxylation is 1. The fraction of sp³-hybridized carbons (Fsp3) is 0.389. The zero-order valence-electron chi connectivity index (χ0n) is 13.9. The van der Waals surface area contributed by atoms with E-state index in [1.54, 1.807) is 29.7 Å². The Kier molecular flexibility index (Phi) is 4.40. The monoisotopic (exact) mass is 356 g/mol. The number of likely N-dealkylation sites (tertiary alicyclic amines) is 1. The Morgan fingerprint density at radius 3 is 2.92 bits per heavy atom. The van der Waals surface area contributed by atoms with Crippen LogP contribution in [-0.4, -0.2) is 38.5 Å². The second-order valence-corrected chi connectivity index (χ2v) is 7.44. The van der Waals surface area contributed by atoms with Crippen molar-refractivity contribution in [3.8, 4) is 0 Å². The van der Waals surface area contributed by atoms with Crippen molar-refractivity contribution in [3.05, 3.63) is 56.8 Å². The van der Waals surface area contributed by atoms with Gasteiger partial charge in [-0.15, -0.1) is 11.3 Å². The molecule has 1 amide bonds. The van der Waals surface area contributed by atoms with Gasteiger partial charge in [0.05, 0.1) is 5.69 Å². The van der Waals surface area contributed by atoms with E-state index in [0.717, 1.165) is 38.0 Å². The number of thiophene rings is 1. The fourth-order valence-corrected chi connectivity index (χ4v) is 4.13. The number of aromatic nitrogens is 3. The highest BCUT2D eigenvalue weighted by molar-refractivity contribution is 7.09. The van der Waals surface area contributed by atoms with Crippen molar-refractivity contribution in [1.82, 2.24) is 19.5 Å². The number of H-pyrrole nitrogens is 1. The highest BCUT2D eigenvalue weighted by Gasteiger charge is 2.25. The van der Waals surface area contributed by atoms with Gasteiger partial charge in [0.25, 0.3) is 5.56 Å². The highest BCUT2D eigenvalue weighted by atomic mass is 32.1. The second-order valence-electron chi connectivity index (χ2n) is 6.41. The molecule has 3 aromatic rings. The Labute approximate surface area is 149 Å². The molecule has 0 spiro atoms.